The van der Waals surface area contributed by atoms with E-state index in [0.717, 1.165) is 4.90 Å². The molecule has 0 saturated heterocycles. The minimum atomic E-state index is -1.41. The number of anilines is 1. The Balaban J connectivity index is 1.77. The highest BCUT2D eigenvalue weighted by atomic mass is 16.5. The molecule has 0 spiro atoms. The van der Waals surface area contributed by atoms with Crippen molar-refractivity contribution in [3.63, 3.8) is 0 Å². The van der Waals surface area contributed by atoms with Crippen molar-refractivity contribution in [1.29, 1.82) is 0 Å². The normalized spacial score (nSPS) is 14.7. The number of carbonyl (C=O) groups excluding carboxylic acids is 6. The summed E-state index contributed by atoms with van der Waals surface area (Å²) in [6.07, 6.45) is 3.71. The van der Waals surface area contributed by atoms with Crippen LogP contribution >= 0.6 is 0 Å². The number of imide groups is 1. The molecule has 41 heavy (non-hydrogen) atoms. The Labute approximate surface area is 236 Å². The number of nitrogens with two attached hydrogens (primary N) is 1. The van der Waals surface area contributed by atoms with Crippen molar-refractivity contribution in [2.75, 3.05) is 11.9 Å². The Morgan fingerprint density at radius 2 is 1.54 bits per heavy atom. The van der Waals surface area contributed by atoms with Crippen LogP contribution in [0.2, 0.25) is 0 Å². The van der Waals surface area contributed by atoms with Gasteiger partial charge < -0.3 is 31.5 Å². The van der Waals surface area contributed by atoms with E-state index in [1.807, 2.05) is 0 Å². The maximum Gasteiger partial charge on any atom is 0.306 e. The summed E-state index contributed by atoms with van der Waals surface area (Å²) in [7, 11) is 0. The molecule has 2 rings (SSSR count). The lowest BCUT2D eigenvalue weighted by atomic mass is 10.1. The van der Waals surface area contributed by atoms with Gasteiger partial charge in [-0.2, -0.15) is 0 Å². The van der Waals surface area contributed by atoms with Gasteiger partial charge in [-0.1, -0.05) is 18.6 Å². The van der Waals surface area contributed by atoms with Gasteiger partial charge in [0.2, 0.25) is 17.7 Å². The van der Waals surface area contributed by atoms with Gasteiger partial charge in [-0.3, -0.25) is 38.5 Å². The number of amides is 5. The number of aliphatic carboxylic acids is 1. The molecule has 1 heterocycles. The molecule has 222 valence electrons. The van der Waals surface area contributed by atoms with Crippen LogP contribution in [0.3, 0.4) is 0 Å². The molecule has 14 heteroatoms. The minimum absolute atomic E-state index is 0.00175. The van der Waals surface area contributed by atoms with Crippen LogP contribution in [0, 0.1) is 0 Å². The molecule has 0 saturated carbocycles. The van der Waals surface area contributed by atoms with E-state index < -0.39 is 54.2 Å². The molecule has 14 nitrogen and oxygen atoms in total. The van der Waals surface area contributed by atoms with Crippen molar-refractivity contribution in [2.45, 2.75) is 70.7 Å². The Morgan fingerprint density at radius 1 is 0.902 bits per heavy atom. The lowest BCUT2D eigenvalue weighted by Crippen LogP contribution is -2.54. The SMILES string of the molecule is CC(N)C(=O)NC(C)C(=O)NC(CC(=O)O)C(=O)Nc1ccc(COC(=O)CCCCCN2C(=O)C=CC2=O)cc1. The third kappa shape index (κ3) is 11.2. The van der Waals surface area contributed by atoms with E-state index in [1.54, 1.807) is 12.1 Å². The molecule has 3 atom stereocenters. The predicted molar refractivity (Wildman–Crippen MR) is 145 cm³/mol. The monoisotopic (exact) mass is 573 g/mol. The largest absolute Gasteiger partial charge is 0.481 e. The molecular formula is C27H35N5O9. The smallest absolute Gasteiger partial charge is 0.306 e. The van der Waals surface area contributed by atoms with E-state index in [1.165, 1.54) is 38.1 Å². The van der Waals surface area contributed by atoms with Crippen molar-refractivity contribution in [2.24, 2.45) is 5.73 Å². The van der Waals surface area contributed by atoms with Crippen LogP contribution in [0.15, 0.2) is 36.4 Å². The fourth-order valence-corrected chi connectivity index (χ4v) is 3.61. The quantitative estimate of drug-likeness (QED) is 0.101. The van der Waals surface area contributed by atoms with Crippen LogP contribution in [0.1, 0.15) is 51.5 Å². The standard InChI is InChI=1S/C27H35N5O9/c1-16(28)25(38)29-17(2)26(39)31-20(14-23(35)36)27(40)30-19-9-7-18(8-10-19)15-41-24(37)6-4-3-5-13-32-21(33)11-12-22(32)34/h7-12,16-17,20H,3-6,13-15,28H2,1-2H3,(H,29,38)(H,30,40)(H,31,39)(H,35,36). The summed E-state index contributed by atoms with van der Waals surface area (Å²) in [5.41, 5.74) is 6.41. The molecule has 0 aliphatic carbocycles. The second kappa shape index (κ2) is 15.9. The number of nitrogens with zero attached hydrogens (tertiary/aromatic N) is 1. The Kier molecular flexibility index (Phi) is 12.6. The van der Waals surface area contributed by atoms with Crippen LogP contribution in [0.25, 0.3) is 0 Å². The topological polar surface area (TPSA) is 214 Å². The summed E-state index contributed by atoms with van der Waals surface area (Å²) in [4.78, 5) is 84.2. The number of benzene rings is 1. The highest BCUT2D eigenvalue weighted by molar-refractivity contribution is 6.12. The third-order valence-electron chi connectivity index (χ3n) is 5.96. The second-order valence-electron chi connectivity index (χ2n) is 9.50. The predicted octanol–water partition coefficient (Wildman–Crippen LogP) is -0.0349. The number of hydrogen-bond acceptors (Lipinski definition) is 9. The summed E-state index contributed by atoms with van der Waals surface area (Å²) in [5, 5.41) is 16.4. The number of rotatable bonds is 16. The van der Waals surface area contributed by atoms with Gasteiger partial charge in [0, 0.05) is 30.8 Å². The van der Waals surface area contributed by atoms with Crippen LogP contribution in [0.5, 0.6) is 0 Å². The van der Waals surface area contributed by atoms with Gasteiger partial charge in [-0.15, -0.1) is 0 Å². The first-order valence-corrected chi connectivity index (χ1v) is 13.0. The molecule has 1 aromatic rings. The lowest BCUT2D eigenvalue weighted by Gasteiger charge is -2.20. The maximum atomic E-state index is 12.7. The minimum Gasteiger partial charge on any atom is -0.481 e. The summed E-state index contributed by atoms with van der Waals surface area (Å²) >= 11 is 0. The van der Waals surface area contributed by atoms with Crippen molar-refractivity contribution in [3.05, 3.63) is 42.0 Å². The van der Waals surface area contributed by atoms with Crippen molar-refractivity contribution in [3.8, 4) is 0 Å². The summed E-state index contributed by atoms with van der Waals surface area (Å²) in [6, 6.07) is 2.95. The lowest BCUT2D eigenvalue weighted by molar-refractivity contribution is -0.145. The van der Waals surface area contributed by atoms with E-state index in [9.17, 15) is 33.6 Å². The van der Waals surface area contributed by atoms with Gasteiger partial charge in [-0.25, -0.2) is 0 Å². The summed E-state index contributed by atoms with van der Waals surface area (Å²) in [5.74, 6) is -4.50. The van der Waals surface area contributed by atoms with E-state index in [4.69, 9.17) is 15.6 Å². The van der Waals surface area contributed by atoms with Gasteiger partial charge in [-0.05, 0) is 44.4 Å². The highest BCUT2D eigenvalue weighted by Gasteiger charge is 2.27. The molecule has 1 aromatic carbocycles. The fraction of sp³-hybridized carbons (Fsp3) is 0.444. The zero-order valence-corrected chi connectivity index (χ0v) is 22.9. The van der Waals surface area contributed by atoms with Gasteiger partial charge >= 0.3 is 11.9 Å². The van der Waals surface area contributed by atoms with Gasteiger partial charge in [0.15, 0.2) is 0 Å². The summed E-state index contributed by atoms with van der Waals surface area (Å²) < 4.78 is 5.25. The molecular weight excluding hydrogens is 538 g/mol. The number of carbonyl (C=O) groups is 7. The first-order chi connectivity index (χ1) is 19.4. The second-order valence-corrected chi connectivity index (χ2v) is 9.50. The van der Waals surface area contributed by atoms with Crippen LogP contribution in [0.4, 0.5) is 5.69 Å². The molecule has 3 unspecified atom stereocenters. The Hall–Kier alpha value is -4.59. The average molecular weight is 574 g/mol. The molecule has 1 aliphatic rings. The van der Waals surface area contributed by atoms with Crippen LogP contribution < -0.4 is 21.7 Å². The number of ether oxygens (including phenoxy) is 1. The van der Waals surface area contributed by atoms with Gasteiger partial charge in [0.1, 0.15) is 18.7 Å². The van der Waals surface area contributed by atoms with E-state index in [2.05, 4.69) is 16.0 Å². The van der Waals surface area contributed by atoms with Gasteiger partial charge in [0.05, 0.1) is 12.5 Å². The van der Waals surface area contributed by atoms with E-state index in [0.29, 0.717) is 37.1 Å². The number of nitrogens with one attached hydrogen (secondary N) is 3. The number of unbranched alkanes of at least 4 members (excludes halogenated alkanes) is 2. The molecule has 1 aliphatic heterocycles. The zero-order valence-electron chi connectivity index (χ0n) is 22.9. The number of hydrogen-bond donors (Lipinski definition) is 5. The first kappa shape index (κ1) is 32.6. The molecule has 5 amide bonds. The van der Waals surface area contributed by atoms with Crippen molar-refractivity contribution < 1.29 is 43.4 Å². The number of esters is 1. The summed E-state index contributed by atoms with van der Waals surface area (Å²) in [6.45, 7) is 3.11. The van der Waals surface area contributed by atoms with E-state index in [-0.39, 0.29) is 24.8 Å². The maximum absolute atomic E-state index is 12.7. The first-order valence-electron chi connectivity index (χ1n) is 13.0. The van der Waals surface area contributed by atoms with Crippen LogP contribution in [-0.4, -0.2) is 76.2 Å². The van der Waals surface area contributed by atoms with Crippen molar-refractivity contribution in [1.82, 2.24) is 15.5 Å². The molecule has 6 N–H and O–H groups in total. The third-order valence-corrected chi connectivity index (χ3v) is 5.96. The zero-order chi connectivity index (χ0) is 30.5. The fourth-order valence-electron chi connectivity index (χ4n) is 3.61. The van der Waals surface area contributed by atoms with Crippen molar-refractivity contribution >= 4 is 47.2 Å². The Morgan fingerprint density at radius 3 is 2.12 bits per heavy atom. The highest BCUT2D eigenvalue weighted by Crippen LogP contribution is 2.13. The molecule has 0 radical (unpaired) electrons. The van der Waals surface area contributed by atoms with Crippen LogP contribution in [-0.2, 0) is 44.9 Å². The number of carboxylic acids is 1. The number of carboxylic acid groups (broad SMARTS) is 1. The van der Waals surface area contributed by atoms with E-state index >= 15 is 0 Å². The Bertz CT molecular complexity index is 1160. The van der Waals surface area contributed by atoms with Gasteiger partial charge in [0.25, 0.3) is 11.8 Å². The molecule has 0 aromatic heterocycles. The molecule has 0 bridgehead atoms. The molecule has 0 fully saturated rings. The average Bonchev–Trinajstić information content (AvgIpc) is 3.23.